The first-order valence-electron chi connectivity index (χ1n) is 8.72. The van der Waals surface area contributed by atoms with Gasteiger partial charge in [0.1, 0.15) is 0 Å². The van der Waals surface area contributed by atoms with Gasteiger partial charge in [0.2, 0.25) is 0 Å². The smallest absolute Gasteiger partial charge is 0.315 e. The van der Waals surface area contributed by atoms with Gasteiger partial charge in [-0.15, -0.1) is 0 Å². The highest BCUT2D eigenvalue weighted by Crippen LogP contribution is 2.13. The molecule has 1 heterocycles. The molecule has 0 aliphatic rings. The molecule has 136 valence electrons. The number of carbonyl (C=O) groups excluding carboxylic acids is 1. The number of imidazole rings is 1. The number of nitrogens with zero attached hydrogens (tertiary/aromatic N) is 3. The number of nitrogens with one attached hydrogen (secondary N) is 2. The zero-order valence-corrected chi connectivity index (χ0v) is 15.1. The molecular formula is C21H21N5O. The summed E-state index contributed by atoms with van der Waals surface area (Å²) in [5.41, 5.74) is 3.74. The van der Waals surface area contributed by atoms with Gasteiger partial charge in [-0.1, -0.05) is 36.4 Å². The maximum Gasteiger partial charge on any atom is 0.315 e. The van der Waals surface area contributed by atoms with Crippen LogP contribution in [-0.2, 0) is 13.1 Å². The molecule has 2 aromatic carbocycles. The van der Waals surface area contributed by atoms with Crippen molar-refractivity contribution in [1.29, 1.82) is 5.26 Å². The number of amides is 2. The van der Waals surface area contributed by atoms with Crippen molar-refractivity contribution in [3.63, 3.8) is 0 Å². The van der Waals surface area contributed by atoms with Crippen LogP contribution < -0.4 is 10.6 Å². The Hall–Kier alpha value is -3.59. The Morgan fingerprint density at radius 2 is 2.00 bits per heavy atom. The third-order valence-corrected chi connectivity index (χ3v) is 4.26. The van der Waals surface area contributed by atoms with Crippen molar-refractivity contribution in [2.24, 2.45) is 0 Å². The summed E-state index contributed by atoms with van der Waals surface area (Å²) in [5, 5.41) is 14.6. The summed E-state index contributed by atoms with van der Waals surface area (Å²) >= 11 is 0. The van der Waals surface area contributed by atoms with E-state index in [1.807, 2.05) is 42.0 Å². The molecule has 6 nitrogen and oxygen atoms in total. The van der Waals surface area contributed by atoms with Crippen LogP contribution in [-0.4, -0.2) is 15.6 Å². The van der Waals surface area contributed by atoms with Crippen LogP contribution >= 0.6 is 0 Å². The Balaban J connectivity index is 1.52. The highest BCUT2D eigenvalue weighted by atomic mass is 16.2. The van der Waals surface area contributed by atoms with E-state index in [2.05, 4.69) is 33.8 Å². The summed E-state index contributed by atoms with van der Waals surface area (Å²) in [4.78, 5) is 16.2. The fourth-order valence-corrected chi connectivity index (χ4v) is 2.79. The maximum atomic E-state index is 12.2. The Labute approximate surface area is 158 Å². The Bertz CT molecular complexity index is 926. The molecule has 1 atom stereocenters. The van der Waals surface area contributed by atoms with E-state index in [4.69, 9.17) is 5.26 Å². The summed E-state index contributed by atoms with van der Waals surface area (Å²) in [6, 6.07) is 17.0. The van der Waals surface area contributed by atoms with Crippen LogP contribution in [0.2, 0.25) is 0 Å². The normalized spacial score (nSPS) is 11.4. The lowest BCUT2D eigenvalue weighted by molar-refractivity contribution is 0.237. The molecule has 0 bridgehead atoms. The van der Waals surface area contributed by atoms with E-state index in [0.29, 0.717) is 12.1 Å². The van der Waals surface area contributed by atoms with Gasteiger partial charge in [-0.05, 0) is 35.7 Å². The van der Waals surface area contributed by atoms with Crippen LogP contribution in [0.4, 0.5) is 4.79 Å². The van der Waals surface area contributed by atoms with E-state index in [9.17, 15) is 4.79 Å². The number of hydrogen-bond donors (Lipinski definition) is 2. The standard InChI is InChI=1S/C21H21N5O/c1-16(20-7-5-17(12-22)6-8-20)25-21(27)24-13-18-3-2-4-19(11-18)14-26-10-9-23-15-26/h2-11,15-16H,13-14H2,1H3,(H2,24,25,27). The second-order valence-corrected chi connectivity index (χ2v) is 6.34. The number of rotatable bonds is 6. The number of carbonyl (C=O) groups is 1. The lowest BCUT2D eigenvalue weighted by atomic mass is 10.1. The van der Waals surface area contributed by atoms with Crippen LogP contribution in [0.3, 0.4) is 0 Å². The molecule has 3 aromatic rings. The summed E-state index contributed by atoms with van der Waals surface area (Å²) in [5.74, 6) is 0. The van der Waals surface area contributed by atoms with E-state index in [1.54, 1.807) is 24.7 Å². The van der Waals surface area contributed by atoms with Crippen molar-refractivity contribution in [3.8, 4) is 6.07 Å². The highest BCUT2D eigenvalue weighted by Gasteiger charge is 2.09. The molecule has 0 fully saturated rings. The molecule has 27 heavy (non-hydrogen) atoms. The van der Waals surface area contributed by atoms with E-state index in [1.165, 1.54) is 0 Å². The summed E-state index contributed by atoms with van der Waals surface area (Å²) < 4.78 is 2.00. The first-order chi connectivity index (χ1) is 13.1. The Morgan fingerprint density at radius 1 is 1.22 bits per heavy atom. The van der Waals surface area contributed by atoms with E-state index in [0.717, 1.165) is 23.2 Å². The van der Waals surface area contributed by atoms with Crippen LogP contribution in [0, 0.1) is 11.3 Å². The third-order valence-electron chi connectivity index (χ3n) is 4.26. The fraction of sp³-hybridized carbons (Fsp3) is 0.190. The molecule has 2 N–H and O–H groups in total. The van der Waals surface area contributed by atoms with Crippen LogP contribution in [0.25, 0.3) is 0 Å². The fourth-order valence-electron chi connectivity index (χ4n) is 2.79. The van der Waals surface area contributed by atoms with Crippen molar-refractivity contribution < 1.29 is 4.79 Å². The van der Waals surface area contributed by atoms with Gasteiger partial charge in [-0.2, -0.15) is 5.26 Å². The number of aromatic nitrogens is 2. The van der Waals surface area contributed by atoms with Gasteiger partial charge in [-0.3, -0.25) is 0 Å². The van der Waals surface area contributed by atoms with Gasteiger partial charge in [0.15, 0.2) is 0 Å². The molecule has 3 rings (SSSR count). The van der Waals surface area contributed by atoms with Gasteiger partial charge in [0.25, 0.3) is 0 Å². The average Bonchev–Trinajstić information content (AvgIpc) is 3.20. The number of nitriles is 1. The van der Waals surface area contributed by atoms with Crippen molar-refractivity contribution in [3.05, 3.63) is 89.5 Å². The molecule has 0 radical (unpaired) electrons. The van der Waals surface area contributed by atoms with Crippen LogP contribution in [0.5, 0.6) is 0 Å². The van der Waals surface area contributed by atoms with Crippen molar-refractivity contribution in [2.75, 3.05) is 0 Å². The zero-order valence-electron chi connectivity index (χ0n) is 15.1. The minimum Gasteiger partial charge on any atom is -0.334 e. The zero-order chi connectivity index (χ0) is 19.1. The molecule has 6 heteroatoms. The van der Waals surface area contributed by atoms with E-state index >= 15 is 0 Å². The summed E-state index contributed by atoms with van der Waals surface area (Å²) in [6.45, 7) is 3.10. The first-order valence-corrected chi connectivity index (χ1v) is 8.72. The molecule has 0 spiro atoms. The van der Waals surface area contributed by atoms with Gasteiger partial charge >= 0.3 is 6.03 Å². The molecular weight excluding hydrogens is 338 g/mol. The quantitative estimate of drug-likeness (QED) is 0.708. The van der Waals surface area contributed by atoms with Gasteiger partial charge < -0.3 is 15.2 Å². The number of benzene rings is 2. The van der Waals surface area contributed by atoms with E-state index < -0.39 is 0 Å². The van der Waals surface area contributed by atoms with Crippen LogP contribution in [0.15, 0.2) is 67.3 Å². The SMILES string of the molecule is CC(NC(=O)NCc1cccc(Cn2ccnc2)c1)c1ccc(C#N)cc1. The lowest BCUT2D eigenvalue weighted by Gasteiger charge is -2.15. The molecule has 0 aliphatic carbocycles. The lowest BCUT2D eigenvalue weighted by Crippen LogP contribution is -2.36. The van der Waals surface area contributed by atoms with Crippen molar-refractivity contribution in [2.45, 2.75) is 26.1 Å². The van der Waals surface area contributed by atoms with Crippen molar-refractivity contribution in [1.82, 2.24) is 20.2 Å². The summed E-state index contributed by atoms with van der Waals surface area (Å²) in [6.07, 6.45) is 5.45. The monoisotopic (exact) mass is 359 g/mol. The maximum absolute atomic E-state index is 12.2. The Morgan fingerprint density at radius 3 is 2.70 bits per heavy atom. The predicted octanol–water partition coefficient (Wildman–Crippen LogP) is 3.36. The summed E-state index contributed by atoms with van der Waals surface area (Å²) in [7, 11) is 0. The van der Waals surface area contributed by atoms with Gasteiger partial charge in [0.05, 0.1) is 24.0 Å². The second-order valence-electron chi connectivity index (χ2n) is 6.34. The Kier molecular flexibility index (Phi) is 5.85. The largest absolute Gasteiger partial charge is 0.334 e. The number of urea groups is 1. The number of hydrogen-bond acceptors (Lipinski definition) is 3. The third kappa shape index (κ3) is 5.19. The second kappa shape index (κ2) is 8.68. The minimum absolute atomic E-state index is 0.148. The molecule has 2 amide bonds. The van der Waals surface area contributed by atoms with E-state index in [-0.39, 0.29) is 12.1 Å². The molecule has 1 aromatic heterocycles. The minimum atomic E-state index is -0.230. The van der Waals surface area contributed by atoms with Gasteiger partial charge in [-0.25, -0.2) is 9.78 Å². The molecule has 0 saturated heterocycles. The van der Waals surface area contributed by atoms with Crippen molar-refractivity contribution >= 4 is 6.03 Å². The average molecular weight is 359 g/mol. The molecule has 1 unspecified atom stereocenters. The highest BCUT2D eigenvalue weighted by molar-refractivity contribution is 5.74. The molecule has 0 aliphatic heterocycles. The topological polar surface area (TPSA) is 82.7 Å². The molecule has 0 saturated carbocycles. The van der Waals surface area contributed by atoms with Crippen LogP contribution in [0.1, 0.15) is 35.2 Å². The van der Waals surface area contributed by atoms with Gasteiger partial charge in [0, 0.05) is 25.5 Å². The predicted molar refractivity (Wildman–Crippen MR) is 103 cm³/mol. The first kappa shape index (κ1) is 18.2.